The van der Waals surface area contributed by atoms with Crippen LogP contribution in [0.25, 0.3) is 0 Å². The highest BCUT2D eigenvalue weighted by Crippen LogP contribution is 2.21. The maximum absolute atomic E-state index is 12.4. The van der Waals surface area contributed by atoms with E-state index in [2.05, 4.69) is 0 Å². The van der Waals surface area contributed by atoms with Crippen LogP contribution in [0.3, 0.4) is 0 Å². The molecule has 1 aromatic carbocycles. The van der Waals surface area contributed by atoms with Gasteiger partial charge in [0.05, 0.1) is 18.1 Å². The summed E-state index contributed by atoms with van der Waals surface area (Å²) in [6.07, 6.45) is 0. The standard InChI is InChI=1S/C12H17NO3S/c1-10-3-4-11(2)12(9-10)17(14,15)13-5-7-16-8-6-13/h3-4,9H,5-8H2,1-2H3. The molecule has 0 saturated carbocycles. The minimum Gasteiger partial charge on any atom is -0.379 e. The molecule has 1 aliphatic rings. The Kier molecular flexibility index (Phi) is 3.51. The van der Waals surface area contributed by atoms with Crippen molar-refractivity contribution in [2.45, 2.75) is 18.7 Å². The van der Waals surface area contributed by atoms with Crippen molar-refractivity contribution in [3.8, 4) is 0 Å². The van der Waals surface area contributed by atoms with Gasteiger partial charge in [0.25, 0.3) is 0 Å². The molecule has 2 rings (SSSR count). The number of aryl methyl sites for hydroxylation is 2. The van der Waals surface area contributed by atoms with Crippen LogP contribution in [-0.2, 0) is 14.8 Å². The number of sulfonamides is 1. The molecule has 0 atom stereocenters. The summed E-state index contributed by atoms with van der Waals surface area (Å²) in [4.78, 5) is 0.416. The van der Waals surface area contributed by atoms with Crippen LogP contribution in [0, 0.1) is 13.8 Å². The quantitative estimate of drug-likeness (QED) is 0.801. The summed E-state index contributed by atoms with van der Waals surface area (Å²) < 4.78 is 31.5. The average Bonchev–Trinajstić information content (AvgIpc) is 2.33. The molecule has 0 aliphatic carbocycles. The lowest BCUT2D eigenvalue weighted by atomic mass is 10.2. The summed E-state index contributed by atoms with van der Waals surface area (Å²) in [5.41, 5.74) is 1.75. The summed E-state index contributed by atoms with van der Waals surface area (Å²) in [5.74, 6) is 0. The molecule has 17 heavy (non-hydrogen) atoms. The van der Waals surface area contributed by atoms with E-state index in [0.29, 0.717) is 31.2 Å². The molecule has 1 aromatic rings. The largest absolute Gasteiger partial charge is 0.379 e. The Morgan fingerprint density at radius 2 is 1.82 bits per heavy atom. The van der Waals surface area contributed by atoms with E-state index in [-0.39, 0.29) is 0 Å². The molecule has 4 nitrogen and oxygen atoms in total. The topological polar surface area (TPSA) is 46.6 Å². The van der Waals surface area contributed by atoms with E-state index in [1.54, 1.807) is 6.07 Å². The molecule has 0 unspecified atom stereocenters. The van der Waals surface area contributed by atoms with Crippen molar-refractivity contribution in [3.05, 3.63) is 29.3 Å². The van der Waals surface area contributed by atoms with Gasteiger partial charge in [-0.25, -0.2) is 8.42 Å². The van der Waals surface area contributed by atoms with Crippen LogP contribution in [0.1, 0.15) is 11.1 Å². The van der Waals surface area contributed by atoms with E-state index >= 15 is 0 Å². The third-order valence-electron chi connectivity index (χ3n) is 2.93. The second-order valence-corrected chi connectivity index (χ2v) is 6.19. The Balaban J connectivity index is 2.40. The van der Waals surface area contributed by atoms with Crippen LogP contribution in [0.15, 0.2) is 23.1 Å². The maximum atomic E-state index is 12.4. The molecule has 94 valence electrons. The van der Waals surface area contributed by atoms with Crippen molar-refractivity contribution in [2.75, 3.05) is 26.3 Å². The summed E-state index contributed by atoms with van der Waals surface area (Å²) in [5, 5.41) is 0. The monoisotopic (exact) mass is 255 g/mol. The van der Waals surface area contributed by atoms with E-state index in [4.69, 9.17) is 4.74 Å². The number of ether oxygens (including phenoxy) is 1. The number of hydrogen-bond acceptors (Lipinski definition) is 3. The van der Waals surface area contributed by atoms with Crippen molar-refractivity contribution < 1.29 is 13.2 Å². The molecule has 0 amide bonds. The molecule has 0 radical (unpaired) electrons. The molecule has 0 spiro atoms. The van der Waals surface area contributed by atoms with Crippen LogP contribution in [-0.4, -0.2) is 39.0 Å². The molecular weight excluding hydrogens is 238 g/mol. The summed E-state index contributed by atoms with van der Waals surface area (Å²) in [7, 11) is -3.36. The predicted octanol–water partition coefficient (Wildman–Crippen LogP) is 1.32. The molecule has 1 heterocycles. The smallest absolute Gasteiger partial charge is 0.243 e. The Labute approximate surface area is 102 Å². The third-order valence-corrected chi connectivity index (χ3v) is 4.97. The van der Waals surface area contributed by atoms with Crippen molar-refractivity contribution in [2.24, 2.45) is 0 Å². The van der Waals surface area contributed by atoms with Crippen molar-refractivity contribution >= 4 is 10.0 Å². The van der Waals surface area contributed by atoms with Crippen LogP contribution in [0.2, 0.25) is 0 Å². The molecular formula is C12H17NO3S. The van der Waals surface area contributed by atoms with Gasteiger partial charge in [0.1, 0.15) is 0 Å². The number of morpholine rings is 1. The maximum Gasteiger partial charge on any atom is 0.243 e. The zero-order chi connectivity index (χ0) is 12.5. The van der Waals surface area contributed by atoms with E-state index < -0.39 is 10.0 Å². The van der Waals surface area contributed by atoms with Crippen molar-refractivity contribution in [1.82, 2.24) is 4.31 Å². The van der Waals surface area contributed by atoms with Gasteiger partial charge in [0.15, 0.2) is 0 Å². The fraction of sp³-hybridized carbons (Fsp3) is 0.500. The number of hydrogen-bond donors (Lipinski definition) is 0. The molecule has 0 N–H and O–H groups in total. The fourth-order valence-electron chi connectivity index (χ4n) is 1.91. The lowest BCUT2D eigenvalue weighted by Gasteiger charge is -2.26. The summed E-state index contributed by atoms with van der Waals surface area (Å²) in [6, 6.07) is 5.51. The van der Waals surface area contributed by atoms with Crippen LogP contribution in [0.4, 0.5) is 0 Å². The first-order valence-electron chi connectivity index (χ1n) is 5.67. The lowest BCUT2D eigenvalue weighted by Crippen LogP contribution is -2.40. The zero-order valence-corrected chi connectivity index (χ0v) is 11.0. The first-order valence-corrected chi connectivity index (χ1v) is 7.11. The first-order chi connectivity index (χ1) is 8.01. The summed E-state index contributed by atoms with van der Waals surface area (Å²) >= 11 is 0. The van der Waals surface area contributed by atoms with Gasteiger partial charge in [0, 0.05) is 13.1 Å². The van der Waals surface area contributed by atoms with Gasteiger partial charge in [-0.1, -0.05) is 12.1 Å². The lowest BCUT2D eigenvalue weighted by molar-refractivity contribution is 0.0730. The van der Waals surface area contributed by atoms with Gasteiger partial charge in [-0.15, -0.1) is 0 Å². The Bertz CT molecular complexity index is 504. The van der Waals surface area contributed by atoms with E-state index in [1.807, 2.05) is 26.0 Å². The average molecular weight is 255 g/mol. The number of benzene rings is 1. The Morgan fingerprint density at radius 1 is 1.18 bits per heavy atom. The second kappa shape index (κ2) is 4.76. The van der Waals surface area contributed by atoms with Gasteiger partial charge < -0.3 is 4.74 Å². The molecule has 1 aliphatic heterocycles. The normalized spacial score (nSPS) is 18.2. The van der Waals surface area contributed by atoms with Gasteiger partial charge >= 0.3 is 0 Å². The van der Waals surface area contributed by atoms with Crippen molar-refractivity contribution in [3.63, 3.8) is 0 Å². The molecule has 0 bridgehead atoms. The van der Waals surface area contributed by atoms with Gasteiger partial charge in [-0.2, -0.15) is 4.31 Å². The van der Waals surface area contributed by atoms with Gasteiger partial charge in [0.2, 0.25) is 10.0 Å². The van der Waals surface area contributed by atoms with Crippen LogP contribution in [0.5, 0.6) is 0 Å². The van der Waals surface area contributed by atoms with E-state index in [1.165, 1.54) is 4.31 Å². The third kappa shape index (κ3) is 2.51. The Hall–Kier alpha value is -0.910. The molecule has 5 heteroatoms. The predicted molar refractivity (Wildman–Crippen MR) is 65.5 cm³/mol. The SMILES string of the molecule is Cc1ccc(C)c(S(=O)(=O)N2CCOCC2)c1. The van der Waals surface area contributed by atoms with Gasteiger partial charge in [-0.05, 0) is 31.0 Å². The molecule has 1 saturated heterocycles. The van der Waals surface area contributed by atoms with E-state index in [9.17, 15) is 8.42 Å². The summed E-state index contributed by atoms with van der Waals surface area (Å²) in [6.45, 7) is 5.56. The fourth-order valence-corrected chi connectivity index (χ4v) is 3.63. The van der Waals surface area contributed by atoms with Crippen LogP contribution >= 0.6 is 0 Å². The van der Waals surface area contributed by atoms with E-state index in [0.717, 1.165) is 11.1 Å². The highest BCUT2D eigenvalue weighted by Gasteiger charge is 2.27. The highest BCUT2D eigenvalue weighted by molar-refractivity contribution is 7.89. The molecule has 1 fully saturated rings. The van der Waals surface area contributed by atoms with Crippen molar-refractivity contribution in [1.29, 1.82) is 0 Å². The minimum absolute atomic E-state index is 0.416. The second-order valence-electron chi connectivity index (χ2n) is 4.29. The highest BCUT2D eigenvalue weighted by atomic mass is 32.2. The Morgan fingerprint density at radius 3 is 2.47 bits per heavy atom. The molecule has 0 aromatic heterocycles. The number of rotatable bonds is 2. The van der Waals surface area contributed by atoms with Crippen LogP contribution < -0.4 is 0 Å². The minimum atomic E-state index is -3.36. The van der Waals surface area contributed by atoms with Gasteiger partial charge in [-0.3, -0.25) is 0 Å². The first kappa shape index (κ1) is 12.5. The number of nitrogens with zero attached hydrogens (tertiary/aromatic N) is 1. The zero-order valence-electron chi connectivity index (χ0n) is 10.1.